The van der Waals surface area contributed by atoms with Crippen molar-refractivity contribution >= 4 is 29.0 Å². The predicted molar refractivity (Wildman–Crippen MR) is 101 cm³/mol. The number of hydrogen-bond donors (Lipinski definition) is 1. The molecule has 138 valence electrons. The van der Waals surface area contributed by atoms with Gasteiger partial charge in [-0.05, 0) is 53.8 Å². The molecule has 8 heteroatoms. The van der Waals surface area contributed by atoms with Crippen molar-refractivity contribution < 1.29 is 14.0 Å². The molecule has 0 unspecified atom stereocenters. The molecule has 2 amide bonds. The van der Waals surface area contributed by atoms with Gasteiger partial charge in [0.05, 0.1) is 0 Å². The van der Waals surface area contributed by atoms with E-state index in [2.05, 4.69) is 14.9 Å². The Labute approximate surface area is 159 Å². The first-order valence-electron chi connectivity index (χ1n) is 8.19. The minimum Gasteiger partial charge on any atom is -0.350 e. The van der Waals surface area contributed by atoms with Gasteiger partial charge in [0, 0.05) is 17.6 Å². The zero-order chi connectivity index (χ0) is 19.2. The van der Waals surface area contributed by atoms with Gasteiger partial charge in [0.1, 0.15) is 12.4 Å². The van der Waals surface area contributed by atoms with Gasteiger partial charge in [-0.1, -0.05) is 28.8 Å². The highest BCUT2D eigenvalue weighted by molar-refractivity contribution is 7.03. The number of aromatic nitrogens is 2. The highest BCUT2D eigenvalue weighted by Crippen LogP contribution is 2.18. The standard InChI is InChI=1S/C19H17FN4O2S/c1-13-3-2-4-16(9-13)24(19(26)17-12-27-23-22-17)11-18(25)21-10-14-5-7-15(20)8-6-14/h2-9,12H,10-11H2,1H3,(H,21,25). The van der Waals surface area contributed by atoms with Crippen LogP contribution in [-0.4, -0.2) is 27.9 Å². The summed E-state index contributed by atoms with van der Waals surface area (Å²) in [5, 5.41) is 8.09. The van der Waals surface area contributed by atoms with Crippen molar-refractivity contribution in [1.82, 2.24) is 14.9 Å². The van der Waals surface area contributed by atoms with E-state index < -0.39 is 5.91 Å². The molecule has 0 atom stereocenters. The van der Waals surface area contributed by atoms with Gasteiger partial charge in [-0.15, -0.1) is 5.10 Å². The highest BCUT2D eigenvalue weighted by Gasteiger charge is 2.22. The van der Waals surface area contributed by atoms with Crippen molar-refractivity contribution in [2.45, 2.75) is 13.5 Å². The Morgan fingerprint density at radius 3 is 2.63 bits per heavy atom. The smallest absolute Gasteiger partial charge is 0.280 e. The number of nitrogens with one attached hydrogen (secondary N) is 1. The zero-order valence-electron chi connectivity index (χ0n) is 14.6. The van der Waals surface area contributed by atoms with E-state index in [1.54, 1.807) is 23.6 Å². The van der Waals surface area contributed by atoms with Crippen LogP contribution in [0.1, 0.15) is 21.6 Å². The fourth-order valence-corrected chi connectivity index (χ4v) is 2.90. The lowest BCUT2D eigenvalue weighted by Gasteiger charge is -2.21. The average Bonchev–Trinajstić information content (AvgIpc) is 3.20. The second kappa shape index (κ2) is 8.50. The molecule has 6 nitrogen and oxygen atoms in total. The van der Waals surface area contributed by atoms with Crippen LogP contribution in [0.25, 0.3) is 0 Å². The second-order valence-electron chi connectivity index (χ2n) is 5.92. The third-order valence-corrected chi connectivity index (χ3v) is 4.35. The van der Waals surface area contributed by atoms with E-state index in [1.807, 2.05) is 25.1 Å². The van der Waals surface area contributed by atoms with Crippen LogP contribution in [0.2, 0.25) is 0 Å². The number of benzene rings is 2. The van der Waals surface area contributed by atoms with Gasteiger partial charge in [0.25, 0.3) is 5.91 Å². The van der Waals surface area contributed by atoms with E-state index >= 15 is 0 Å². The van der Waals surface area contributed by atoms with Crippen molar-refractivity contribution in [3.63, 3.8) is 0 Å². The van der Waals surface area contributed by atoms with E-state index in [1.165, 1.54) is 17.0 Å². The summed E-state index contributed by atoms with van der Waals surface area (Å²) in [7, 11) is 0. The molecule has 0 saturated heterocycles. The quantitative estimate of drug-likeness (QED) is 0.709. The van der Waals surface area contributed by atoms with E-state index in [0.717, 1.165) is 22.7 Å². The van der Waals surface area contributed by atoms with Gasteiger partial charge in [0.15, 0.2) is 5.69 Å². The Hall–Kier alpha value is -3.13. The topological polar surface area (TPSA) is 75.2 Å². The molecule has 0 bridgehead atoms. The monoisotopic (exact) mass is 384 g/mol. The zero-order valence-corrected chi connectivity index (χ0v) is 15.4. The van der Waals surface area contributed by atoms with Crippen molar-refractivity contribution in [3.8, 4) is 0 Å². The van der Waals surface area contributed by atoms with Gasteiger partial charge >= 0.3 is 0 Å². The summed E-state index contributed by atoms with van der Waals surface area (Å²) in [6.07, 6.45) is 0. The number of carbonyl (C=O) groups is 2. The first-order valence-corrected chi connectivity index (χ1v) is 9.03. The first kappa shape index (κ1) is 18.7. The average molecular weight is 384 g/mol. The maximum atomic E-state index is 13.0. The molecule has 0 saturated carbocycles. The first-order chi connectivity index (χ1) is 13.0. The lowest BCUT2D eigenvalue weighted by molar-refractivity contribution is -0.119. The van der Waals surface area contributed by atoms with Crippen LogP contribution in [0, 0.1) is 12.7 Å². The number of amides is 2. The molecule has 27 heavy (non-hydrogen) atoms. The van der Waals surface area contributed by atoms with Crippen LogP contribution >= 0.6 is 11.5 Å². The third-order valence-electron chi connectivity index (χ3n) is 3.84. The molecule has 1 heterocycles. The molecule has 1 aromatic heterocycles. The number of carbonyl (C=O) groups excluding carboxylic acids is 2. The van der Waals surface area contributed by atoms with Crippen LogP contribution in [0.4, 0.5) is 10.1 Å². The molecule has 0 aliphatic rings. The molecule has 0 aliphatic heterocycles. The molecular weight excluding hydrogens is 367 g/mol. The summed E-state index contributed by atoms with van der Waals surface area (Å²) < 4.78 is 16.7. The summed E-state index contributed by atoms with van der Waals surface area (Å²) in [6, 6.07) is 13.2. The Bertz CT molecular complexity index is 929. The number of rotatable bonds is 6. The van der Waals surface area contributed by atoms with Crippen LogP contribution in [0.3, 0.4) is 0 Å². The van der Waals surface area contributed by atoms with Gasteiger partial charge in [-0.3, -0.25) is 14.5 Å². The molecule has 3 rings (SSSR count). The van der Waals surface area contributed by atoms with Crippen LogP contribution in [0.15, 0.2) is 53.9 Å². The molecule has 2 aromatic carbocycles. The predicted octanol–water partition coefficient (Wildman–Crippen LogP) is 2.95. The number of aryl methyl sites for hydroxylation is 1. The Balaban J connectivity index is 1.73. The largest absolute Gasteiger partial charge is 0.350 e. The number of halogens is 1. The molecule has 0 radical (unpaired) electrons. The van der Waals surface area contributed by atoms with Gasteiger partial charge in [0.2, 0.25) is 5.91 Å². The van der Waals surface area contributed by atoms with Crippen LogP contribution < -0.4 is 10.2 Å². The number of hydrogen-bond acceptors (Lipinski definition) is 5. The number of anilines is 1. The Kier molecular flexibility index (Phi) is 5.87. The third kappa shape index (κ3) is 4.95. The summed E-state index contributed by atoms with van der Waals surface area (Å²) in [5.41, 5.74) is 2.52. The fourth-order valence-electron chi connectivity index (χ4n) is 2.47. The summed E-state index contributed by atoms with van der Waals surface area (Å²) >= 11 is 1.07. The molecule has 0 fully saturated rings. The summed E-state index contributed by atoms with van der Waals surface area (Å²) in [6.45, 7) is 1.99. The van der Waals surface area contributed by atoms with Crippen molar-refractivity contribution in [2.75, 3.05) is 11.4 Å². The molecule has 0 aliphatic carbocycles. The Morgan fingerprint density at radius 1 is 1.19 bits per heavy atom. The van der Waals surface area contributed by atoms with Crippen molar-refractivity contribution in [2.24, 2.45) is 0 Å². The minimum absolute atomic E-state index is 0.166. The SMILES string of the molecule is Cc1cccc(N(CC(=O)NCc2ccc(F)cc2)C(=O)c2csnn2)c1. The van der Waals surface area contributed by atoms with Gasteiger partial charge < -0.3 is 5.32 Å². The van der Waals surface area contributed by atoms with Gasteiger partial charge in [-0.2, -0.15) is 0 Å². The second-order valence-corrected chi connectivity index (χ2v) is 6.53. The number of nitrogens with zero attached hydrogens (tertiary/aromatic N) is 3. The lowest BCUT2D eigenvalue weighted by atomic mass is 10.2. The Morgan fingerprint density at radius 2 is 1.96 bits per heavy atom. The van der Waals surface area contributed by atoms with Gasteiger partial charge in [-0.25, -0.2) is 4.39 Å². The molecule has 1 N–H and O–H groups in total. The van der Waals surface area contributed by atoms with E-state index in [-0.39, 0.29) is 30.5 Å². The van der Waals surface area contributed by atoms with Crippen LogP contribution in [0.5, 0.6) is 0 Å². The highest BCUT2D eigenvalue weighted by atomic mass is 32.1. The normalized spacial score (nSPS) is 10.4. The van der Waals surface area contributed by atoms with Crippen LogP contribution in [-0.2, 0) is 11.3 Å². The molecule has 3 aromatic rings. The summed E-state index contributed by atoms with van der Waals surface area (Å²) in [5.74, 6) is -1.07. The maximum Gasteiger partial charge on any atom is 0.280 e. The lowest BCUT2D eigenvalue weighted by Crippen LogP contribution is -2.41. The van der Waals surface area contributed by atoms with E-state index in [4.69, 9.17) is 0 Å². The van der Waals surface area contributed by atoms with Crippen molar-refractivity contribution in [3.05, 3.63) is 76.5 Å². The minimum atomic E-state index is -0.397. The molecule has 0 spiro atoms. The van der Waals surface area contributed by atoms with Crippen molar-refractivity contribution in [1.29, 1.82) is 0 Å². The maximum absolute atomic E-state index is 13.0. The van der Waals surface area contributed by atoms with E-state index in [9.17, 15) is 14.0 Å². The summed E-state index contributed by atoms with van der Waals surface area (Å²) in [4.78, 5) is 26.6. The van der Waals surface area contributed by atoms with E-state index in [0.29, 0.717) is 5.69 Å². The molecular formula is C19H17FN4O2S. The fraction of sp³-hybridized carbons (Fsp3) is 0.158.